The fourth-order valence-electron chi connectivity index (χ4n) is 2.67. The van der Waals surface area contributed by atoms with Crippen molar-refractivity contribution in [1.29, 1.82) is 0 Å². The average molecular weight is 365 g/mol. The Morgan fingerprint density at radius 3 is 2.27 bits per heavy atom. The maximum Gasteiger partial charge on any atom is 0.257 e. The molecule has 0 saturated carbocycles. The van der Waals surface area contributed by atoms with Crippen LogP contribution in [0.2, 0.25) is 0 Å². The van der Waals surface area contributed by atoms with Gasteiger partial charge in [-0.05, 0) is 35.1 Å². The molecule has 0 bridgehead atoms. The van der Waals surface area contributed by atoms with Gasteiger partial charge in [-0.25, -0.2) is 4.98 Å². The monoisotopic (exact) mass is 364 g/mol. The lowest BCUT2D eigenvalue weighted by molar-refractivity contribution is 0.102. The summed E-state index contributed by atoms with van der Waals surface area (Å²) < 4.78 is 0. The third-order valence-corrected chi connectivity index (χ3v) is 5.15. The Labute approximate surface area is 159 Å². The molecule has 0 unspecified atom stereocenters. The zero-order chi connectivity index (χ0) is 18.7. The molecule has 3 nitrogen and oxygen atoms in total. The van der Waals surface area contributed by atoms with Crippen molar-refractivity contribution >= 4 is 22.4 Å². The van der Waals surface area contributed by atoms with E-state index in [2.05, 4.69) is 62.3 Å². The summed E-state index contributed by atoms with van der Waals surface area (Å²) in [5.41, 5.74) is 5.18. The molecule has 0 saturated heterocycles. The second-order valence-electron chi connectivity index (χ2n) is 7.37. The van der Waals surface area contributed by atoms with Gasteiger partial charge in [0.2, 0.25) is 0 Å². The van der Waals surface area contributed by atoms with Crippen LogP contribution in [0, 0.1) is 0 Å². The minimum atomic E-state index is -0.132. The number of carbonyl (C=O) groups is 1. The van der Waals surface area contributed by atoms with Gasteiger partial charge in [0.1, 0.15) is 0 Å². The van der Waals surface area contributed by atoms with Crippen LogP contribution in [0.15, 0.2) is 53.9 Å². The van der Waals surface area contributed by atoms with E-state index in [1.54, 1.807) is 0 Å². The summed E-state index contributed by atoms with van der Waals surface area (Å²) in [6.45, 7) is 8.62. The first kappa shape index (κ1) is 18.3. The van der Waals surface area contributed by atoms with Crippen LogP contribution in [0.25, 0.3) is 11.3 Å². The van der Waals surface area contributed by atoms with Crippen molar-refractivity contribution in [3.63, 3.8) is 0 Å². The van der Waals surface area contributed by atoms with Crippen LogP contribution in [-0.4, -0.2) is 10.9 Å². The van der Waals surface area contributed by atoms with Crippen LogP contribution in [0.1, 0.15) is 49.2 Å². The van der Waals surface area contributed by atoms with E-state index in [-0.39, 0.29) is 11.3 Å². The third-order valence-electron chi connectivity index (χ3n) is 4.40. The van der Waals surface area contributed by atoms with Crippen molar-refractivity contribution in [1.82, 2.24) is 4.98 Å². The zero-order valence-electron chi connectivity index (χ0n) is 15.7. The van der Waals surface area contributed by atoms with Gasteiger partial charge in [-0.3, -0.25) is 10.1 Å². The maximum atomic E-state index is 12.5. The number of benzene rings is 2. The van der Waals surface area contributed by atoms with Crippen molar-refractivity contribution in [3.8, 4) is 11.3 Å². The van der Waals surface area contributed by atoms with E-state index >= 15 is 0 Å². The molecule has 0 fully saturated rings. The quantitative estimate of drug-likeness (QED) is 0.624. The molecular weight excluding hydrogens is 340 g/mol. The Balaban J connectivity index is 1.71. The normalized spacial score (nSPS) is 11.4. The number of carbonyl (C=O) groups excluding carboxylic acids is 1. The van der Waals surface area contributed by atoms with E-state index < -0.39 is 0 Å². The van der Waals surface area contributed by atoms with Gasteiger partial charge in [0.15, 0.2) is 5.13 Å². The van der Waals surface area contributed by atoms with E-state index in [0.717, 1.165) is 17.7 Å². The predicted molar refractivity (Wildman–Crippen MR) is 110 cm³/mol. The van der Waals surface area contributed by atoms with Crippen molar-refractivity contribution in [3.05, 3.63) is 70.6 Å². The number of nitrogens with one attached hydrogen (secondary N) is 1. The highest BCUT2D eigenvalue weighted by molar-refractivity contribution is 7.14. The highest BCUT2D eigenvalue weighted by Gasteiger charge is 2.15. The summed E-state index contributed by atoms with van der Waals surface area (Å²) >= 11 is 1.44. The second-order valence-corrected chi connectivity index (χ2v) is 8.23. The Morgan fingerprint density at radius 2 is 1.69 bits per heavy atom. The Morgan fingerprint density at radius 1 is 1.04 bits per heavy atom. The topological polar surface area (TPSA) is 42.0 Å². The molecule has 0 aliphatic heterocycles. The SMILES string of the molecule is CCc1ccc(-c2csc(NC(=O)c3ccc(C(C)(C)C)cc3)n2)cc1. The van der Waals surface area contributed by atoms with Crippen LogP contribution < -0.4 is 5.32 Å². The molecule has 1 N–H and O–H groups in total. The van der Waals surface area contributed by atoms with Gasteiger partial charge >= 0.3 is 0 Å². The molecule has 26 heavy (non-hydrogen) atoms. The molecule has 0 atom stereocenters. The smallest absolute Gasteiger partial charge is 0.257 e. The number of hydrogen-bond donors (Lipinski definition) is 1. The van der Waals surface area contributed by atoms with Gasteiger partial charge in [-0.15, -0.1) is 11.3 Å². The van der Waals surface area contributed by atoms with Crippen LogP contribution in [0.3, 0.4) is 0 Å². The summed E-state index contributed by atoms with van der Waals surface area (Å²) in [6.07, 6.45) is 1.02. The van der Waals surface area contributed by atoms with Crippen molar-refractivity contribution in [2.24, 2.45) is 0 Å². The minimum Gasteiger partial charge on any atom is -0.298 e. The molecular formula is C22H24N2OS. The first-order valence-electron chi connectivity index (χ1n) is 8.83. The molecule has 1 heterocycles. The van der Waals surface area contributed by atoms with Crippen molar-refractivity contribution in [2.75, 3.05) is 5.32 Å². The molecule has 4 heteroatoms. The molecule has 3 aromatic rings. The molecule has 1 aromatic heterocycles. The molecule has 0 radical (unpaired) electrons. The molecule has 0 aliphatic rings. The summed E-state index contributed by atoms with van der Waals surface area (Å²) in [4.78, 5) is 17.0. The Hall–Kier alpha value is -2.46. The third kappa shape index (κ3) is 4.20. The van der Waals surface area contributed by atoms with Gasteiger partial charge in [0, 0.05) is 16.5 Å². The van der Waals surface area contributed by atoms with Crippen LogP contribution in [0.4, 0.5) is 5.13 Å². The molecule has 0 spiro atoms. The Kier molecular flexibility index (Phi) is 5.23. The average Bonchev–Trinajstić information content (AvgIpc) is 3.09. The zero-order valence-corrected chi connectivity index (χ0v) is 16.5. The number of amides is 1. The maximum absolute atomic E-state index is 12.5. The number of aromatic nitrogens is 1. The standard InChI is InChI=1S/C22H24N2OS/c1-5-15-6-8-16(9-7-15)19-14-26-21(23-19)24-20(25)17-10-12-18(13-11-17)22(2,3)4/h6-14H,5H2,1-4H3,(H,23,24,25). The van der Waals surface area contributed by atoms with Crippen LogP contribution in [-0.2, 0) is 11.8 Å². The number of hydrogen-bond acceptors (Lipinski definition) is 3. The molecule has 1 amide bonds. The van der Waals surface area contributed by atoms with E-state index in [1.165, 1.54) is 22.5 Å². The Bertz CT molecular complexity index is 887. The van der Waals surface area contributed by atoms with E-state index in [1.807, 2.05) is 29.6 Å². The van der Waals surface area contributed by atoms with E-state index in [0.29, 0.717) is 10.7 Å². The molecule has 0 aliphatic carbocycles. The number of anilines is 1. The van der Waals surface area contributed by atoms with Gasteiger partial charge in [-0.2, -0.15) is 0 Å². The second kappa shape index (κ2) is 7.42. The summed E-state index contributed by atoms with van der Waals surface area (Å²) in [6, 6.07) is 16.1. The predicted octanol–water partition coefficient (Wildman–Crippen LogP) is 5.92. The molecule has 134 valence electrons. The van der Waals surface area contributed by atoms with Crippen LogP contribution >= 0.6 is 11.3 Å². The molecule has 2 aromatic carbocycles. The van der Waals surface area contributed by atoms with Gasteiger partial charge in [0.25, 0.3) is 5.91 Å². The lowest BCUT2D eigenvalue weighted by Gasteiger charge is -2.18. The largest absolute Gasteiger partial charge is 0.298 e. The fourth-order valence-corrected chi connectivity index (χ4v) is 3.38. The summed E-state index contributed by atoms with van der Waals surface area (Å²) in [5, 5.41) is 5.48. The number of thiazole rings is 1. The summed E-state index contributed by atoms with van der Waals surface area (Å²) in [7, 11) is 0. The fraction of sp³-hybridized carbons (Fsp3) is 0.273. The van der Waals surface area contributed by atoms with Gasteiger partial charge in [-0.1, -0.05) is 64.1 Å². The van der Waals surface area contributed by atoms with Gasteiger partial charge < -0.3 is 0 Å². The highest BCUT2D eigenvalue weighted by Crippen LogP contribution is 2.26. The van der Waals surface area contributed by atoms with Crippen molar-refractivity contribution in [2.45, 2.75) is 39.5 Å². The highest BCUT2D eigenvalue weighted by atomic mass is 32.1. The van der Waals surface area contributed by atoms with E-state index in [4.69, 9.17) is 0 Å². The molecule has 3 rings (SSSR count). The lowest BCUT2D eigenvalue weighted by Crippen LogP contribution is -2.14. The van der Waals surface area contributed by atoms with E-state index in [9.17, 15) is 4.79 Å². The lowest BCUT2D eigenvalue weighted by atomic mass is 9.87. The first-order valence-corrected chi connectivity index (χ1v) is 9.71. The minimum absolute atomic E-state index is 0.0759. The number of rotatable bonds is 4. The number of nitrogens with zero attached hydrogens (tertiary/aromatic N) is 1. The summed E-state index contributed by atoms with van der Waals surface area (Å²) in [5.74, 6) is -0.132. The first-order chi connectivity index (χ1) is 12.4. The van der Waals surface area contributed by atoms with Crippen molar-refractivity contribution < 1.29 is 4.79 Å². The van der Waals surface area contributed by atoms with Gasteiger partial charge in [0.05, 0.1) is 5.69 Å². The van der Waals surface area contributed by atoms with Crippen LogP contribution in [0.5, 0.6) is 0 Å². The number of aryl methyl sites for hydroxylation is 1.